The summed E-state index contributed by atoms with van der Waals surface area (Å²) < 4.78 is 3.56. The molecule has 0 unspecified atom stereocenters. The minimum Gasteiger partial charge on any atom is -0.550 e. The van der Waals surface area contributed by atoms with Gasteiger partial charge in [-0.15, -0.1) is 0 Å². The fraction of sp³-hybridized carbons (Fsp3) is 0.429. The number of carbonyl (C=O) groups excluding carboxylic acids is 1. The summed E-state index contributed by atoms with van der Waals surface area (Å²) in [6.45, 7) is 0. The van der Waals surface area contributed by atoms with Crippen LogP contribution in [-0.2, 0) is 25.3 Å². The summed E-state index contributed by atoms with van der Waals surface area (Å²) >= 11 is 0. The lowest BCUT2D eigenvalue weighted by Crippen LogP contribution is -2.26. The first kappa shape index (κ1) is 7.78. The highest BCUT2D eigenvalue weighted by molar-refractivity contribution is 5.67. The summed E-state index contributed by atoms with van der Waals surface area (Å²) in [5, 5.41) is 10.2. The molecule has 0 fully saturated rings. The van der Waals surface area contributed by atoms with Gasteiger partial charge in [0, 0.05) is 5.97 Å². The number of nitrogens with zero attached hydrogens (tertiary/aromatic N) is 2. The molecule has 0 aromatic carbocycles. The van der Waals surface area contributed by atoms with Crippen LogP contribution in [0.4, 0.5) is 0 Å². The second kappa shape index (κ2) is 2.74. The molecule has 0 bridgehead atoms. The van der Waals surface area contributed by atoms with Gasteiger partial charge in [-0.25, -0.2) is 9.13 Å². The smallest absolute Gasteiger partial charge is 0.243 e. The number of rotatable bonds is 2. The average Bonchev–Trinajstić information content (AvgIpc) is 2.09. The summed E-state index contributed by atoms with van der Waals surface area (Å²) in [6.07, 6.45) is 3.53. The summed E-state index contributed by atoms with van der Waals surface area (Å²) in [5.74, 6) is -1.05. The van der Waals surface area contributed by atoms with Crippen molar-refractivity contribution in [1.82, 2.24) is 4.57 Å². The Bertz CT molecular complexity index is 278. The number of aromatic nitrogens is 2. The van der Waals surface area contributed by atoms with Crippen molar-refractivity contribution in [2.24, 2.45) is 14.1 Å². The molecule has 4 nitrogen and oxygen atoms in total. The van der Waals surface area contributed by atoms with E-state index < -0.39 is 5.97 Å². The molecule has 1 rings (SSSR count). The third kappa shape index (κ3) is 1.80. The van der Waals surface area contributed by atoms with Crippen LogP contribution in [-0.4, -0.2) is 10.5 Å². The molecule has 0 spiro atoms. The van der Waals surface area contributed by atoms with Gasteiger partial charge in [0.05, 0.1) is 20.5 Å². The van der Waals surface area contributed by atoms with Gasteiger partial charge in [0.25, 0.3) is 0 Å². The van der Waals surface area contributed by atoms with Crippen LogP contribution in [0, 0.1) is 0 Å². The largest absolute Gasteiger partial charge is 0.550 e. The lowest BCUT2D eigenvalue weighted by Gasteiger charge is -1.96. The topological polar surface area (TPSA) is 48.9 Å². The van der Waals surface area contributed by atoms with Gasteiger partial charge in [0.1, 0.15) is 11.9 Å². The van der Waals surface area contributed by atoms with Crippen LogP contribution < -0.4 is 9.67 Å². The Labute approximate surface area is 64.7 Å². The van der Waals surface area contributed by atoms with Gasteiger partial charge in [-0.2, -0.15) is 0 Å². The Morgan fingerprint density at radius 2 is 2.45 bits per heavy atom. The molecule has 1 heterocycles. The molecular formula is C7H10N2O2. The first-order valence-electron chi connectivity index (χ1n) is 3.30. The summed E-state index contributed by atoms with van der Waals surface area (Å²) in [4.78, 5) is 10.2. The fourth-order valence-electron chi connectivity index (χ4n) is 1.03. The number of hydrogen-bond acceptors (Lipinski definition) is 2. The van der Waals surface area contributed by atoms with Gasteiger partial charge in [0.15, 0.2) is 0 Å². The van der Waals surface area contributed by atoms with Crippen molar-refractivity contribution in [3.05, 3.63) is 18.2 Å². The van der Waals surface area contributed by atoms with Crippen molar-refractivity contribution < 1.29 is 14.5 Å². The minimum atomic E-state index is -1.05. The summed E-state index contributed by atoms with van der Waals surface area (Å²) in [5.41, 5.74) is 0.743. The van der Waals surface area contributed by atoms with Gasteiger partial charge in [-0.1, -0.05) is 0 Å². The van der Waals surface area contributed by atoms with E-state index in [1.807, 2.05) is 7.05 Å². The molecule has 0 aliphatic carbocycles. The first-order chi connectivity index (χ1) is 5.09. The van der Waals surface area contributed by atoms with Crippen molar-refractivity contribution >= 4 is 5.97 Å². The molecular weight excluding hydrogens is 144 g/mol. The fourth-order valence-corrected chi connectivity index (χ4v) is 1.03. The zero-order valence-corrected chi connectivity index (χ0v) is 6.57. The molecule has 0 saturated heterocycles. The van der Waals surface area contributed by atoms with Crippen LogP contribution in [0.1, 0.15) is 5.69 Å². The molecule has 1 aromatic heterocycles. The van der Waals surface area contributed by atoms with Gasteiger partial charge >= 0.3 is 0 Å². The molecule has 1 aromatic rings. The maximum Gasteiger partial charge on any atom is 0.243 e. The van der Waals surface area contributed by atoms with E-state index in [2.05, 4.69) is 0 Å². The second-order valence-corrected chi connectivity index (χ2v) is 2.56. The molecule has 4 heteroatoms. The Kier molecular flexibility index (Phi) is 1.94. The van der Waals surface area contributed by atoms with Gasteiger partial charge < -0.3 is 9.90 Å². The molecule has 60 valence electrons. The standard InChI is InChI=1S/C7H10N2O2/c1-8-4-6(3-7(10)11)9(2)5-8/h4-5H,3H2,1-2H3. The summed E-state index contributed by atoms with van der Waals surface area (Å²) in [7, 11) is 3.65. The molecule has 0 N–H and O–H groups in total. The molecule has 0 radical (unpaired) electrons. The number of carbonyl (C=O) groups is 1. The Hall–Kier alpha value is -1.32. The first-order valence-corrected chi connectivity index (χ1v) is 3.30. The molecule has 0 aliphatic rings. The maximum absolute atomic E-state index is 10.2. The Balaban J connectivity index is 2.85. The SMILES string of the molecule is Cn1c[n+](C)cc1CC(=O)[O-]. The number of hydrogen-bond donors (Lipinski definition) is 0. The monoisotopic (exact) mass is 154 g/mol. The highest BCUT2D eigenvalue weighted by atomic mass is 16.4. The molecule has 0 amide bonds. The second-order valence-electron chi connectivity index (χ2n) is 2.56. The van der Waals surface area contributed by atoms with E-state index in [9.17, 15) is 9.90 Å². The molecule has 0 aliphatic heterocycles. The minimum absolute atomic E-state index is 0.0304. The zero-order chi connectivity index (χ0) is 8.43. The van der Waals surface area contributed by atoms with E-state index in [0.717, 1.165) is 5.69 Å². The number of imidazole rings is 1. The van der Waals surface area contributed by atoms with E-state index in [1.165, 1.54) is 0 Å². The third-order valence-electron chi connectivity index (χ3n) is 1.49. The number of carboxylic acid groups (broad SMARTS) is 1. The van der Waals surface area contributed by atoms with E-state index in [4.69, 9.17) is 0 Å². The van der Waals surface area contributed by atoms with Crippen molar-refractivity contribution in [3.63, 3.8) is 0 Å². The van der Waals surface area contributed by atoms with E-state index in [1.54, 1.807) is 28.7 Å². The van der Waals surface area contributed by atoms with E-state index in [0.29, 0.717) is 0 Å². The third-order valence-corrected chi connectivity index (χ3v) is 1.49. The van der Waals surface area contributed by atoms with Crippen molar-refractivity contribution in [2.45, 2.75) is 6.42 Å². The van der Waals surface area contributed by atoms with Crippen LogP contribution in [0.5, 0.6) is 0 Å². The normalized spacial score (nSPS) is 10.0. The predicted molar refractivity (Wildman–Crippen MR) is 35.3 cm³/mol. The molecule has 11 heavy (non-hydrogen) atoms. The van der Waals surface area contributed by atoms with Crippen molar-refractivity contribution in [3.8, 4) is 0 Å². The highest BCUT2D eigenvalue weighted by Crippen LogP contribution is 1.93. The number of aryl methyl sites for hydroxylation is 2. The van der Waals surface area contributed by atoms with Crippen molar-refractivity contribution in [2.75, 3.05) is 0 Å². The number of aliphatic carboxylic acids is 1. The maximum atomic E-state index is 10.2. The summed E-state index contributed by atoms with van der Waals surface area (Å²) in [6, 6.07) is 0. The van der Waals surface area contributed by atoms with Crippen LogP contribution in [0.25, 0.3) is 0 Å². The van der Waals surface area contributed by atoms with E-state index in [-0.39, 0.29) is 6.42 Å². The van der Waals surface area contributed by atoms with Crippen LogP contribution >= 0.6 is 0 Å². The predicted octanol–water partition coefficient (Wildman–Crippen LogP) is -1.86. The van der Waals surface area contributed by atoms with Gasteiger partial charge in [-0.05, 0) is 0 Å². The quantitative estimate of drug-likeness (QED) is 0.469. The zero-order valence-electron chi connectivity index (χ0n) is 6.57. The molecule has 0 atom stereocenters. The van der Waals surface area contributed by atoms with E-state index >= 15 is 0 Å². The Morgan fingerprint density at radius 3 is 2.82 bits per heavy atom. The van der Waals surface area contributed by atoms with Gasteiger partial charge in [-0.3, -0.25) is 0 Å². The van der Waals surface area contributed by atoms with Crippen LogP contribution in [0.2, 0.25) is 0 Å². The highest BCUT2D eigenvalue weighted by Gasteiger charge is 2.06. The lowest BCUT2D eigenvalue weighted by molar-refractivity contribution is -0.671. The van der Waals surface area contributed by atoms with Crippen LogP contribution in [0.15, 0.2) is 12.5 Å². The molecule has 0 saturated carbocycles. The number of carboxylic acids is 1. The Morgan fingerprint density at radius 1 is 1.82 bits per heavy atom. The van der Waals surface area contributed by atoms with Gasteiger partial charge in [0.2, 0.25) is 6.33 Å². The lowest BCUT2D eigenvalue weighted by atomic mass is 10.3. The van der Waals surface area contributed by atoms with Crippen molar-refractivity contribution in [1.29, 1.82) is 0 Å². The average molecular weight is 154 g/mol. The van der Waals surface area contributed by atoms with Crippen LogP contribution in [0.3, 0.4) is 0 Å².